The van der Waals surface area contributed by atoms with Crippen molar-refractivity contribution in [1.82, 2.24) is 4.68 Å². The molecule has 1 unspecified atom stereocenters. The smallest absolute Gasteiger partial charge is 0.332 e. The molecule has 1 aliphatic carbocycles. The molecule has 1 aromatic rings. The van der Waals surface area contributed by atoms with E-state index in [0.29, 0.717) is 19.3 Å². The van der Waals surface area contributed by atoms with Gasteiger partial charge in [-0.3, -0.25) is 4.68 Å². The van der Waals surface area contributed by atoms with Gasteiger partial charge in [0.2, 0.25) is 0 Å². The van der Waals surface area contributed by atoms with E-state index in [1.807, 2.05) is 0 Å². The molecule has 7 heteroatoms. The number of aromatic nitrogens is 1. The molecule has 0 bridgehead atoms. The quantitative estimate of drug-likeness (QED) is 0.870. The lowest BCUT2D eigenvalue weighted by Gasteiger charge is -2.23. The van der Waals surface area contributed by atoms with Crippen LogP contribution in [0, 0.1) is 6.92 Å². The maximum Gasteiger partial charge on any atom is 0.332 e. The van der Waals surface area contributed by atoms with E-state index in [9.17, 15) is 13.2 Å². The molecule has 2 rings (SSSR count). The lowest BCUT2D eigenvalue weighted by Crippen LogP contribution is -2.37. The van der Waals surface area contributed by atoms with Gasteiger partial charge in [0.25, 0.3) is 10.0 Å². The lowest BCUT2D eigenvalue weighted by molar-refractivity contribution is -0.132. The predicted octanol–water partition coefficient (Wildman–Crippen LogP) is 1.23. The number of carboxylic acids is 1. The SMILES string of the molecule is Cc1cccn1NS(=O)(=O)C1CCCC=C1C(=O)O. The topological polar surface area (TPSA) is 88.4 Å². The zero-order valence-corrected chi connectivity index (χ0v) is 11.4. The number of nitrogens with zero attached hydrogens (tertiary/aromatic N) is 1. The van der Waals surface area contributed by atoms with Crippen LogP contribution in [-0.2, 0) is 14.8 Å². The van der Waals surface area contributed by atoms with E-state index in [1.54, 1.807) is 25.3 Å². The molecule has 6 nitrogen and oxygen atoms in total. The maximum atomic E-state index is 12.3. The molecule has 1 aliphatic rings. The number of carbonyl (C=O) groups is 1. The summed E-state index contributed by atoms with van der Waals surface area (Å²) in [7, 11) is -3.76. The van der Waals surface area contributed by atoms with Gasteiger partial charge in [0.05, 0.1) is 5.57 Å². The van der Waals surface area contributed by atoms with Crippen LogP contribution in [0.4, 0.5) is 0 Å². The number of carboxylic acid groups (broad SMARTS) is 1. The molecular formula is C12H16N2O4S. The van der Waals surface area contributed by atoms with Crippen molar-refractivity contribution >= 4 is 16.0 Å². The van der Waals surface area contributed by atoms with Crippen LogP contribution in [0.1, 0.15) is 25.0 Å². The highest BCUT2D eigenvalue weighted by atomic mass is 32.2. The maximum absolute atomic E-state index is 12.3. The van der Waals surface area contributed by atoms with Crippen molar-refractivity contribution in [2.24, 2.45) is 0 Å². The summed E-state index contributed by atoms with van der Waals surface area (Å²) >= 11 is 0. The van der Waals surface area contributed by atoms with E-state index in [2.05, 4.69) is 4.83 Å². The van der Waals surface area contributed by atoms with Crippen LogP contribution in [0.5, 0.6) is 0 Å². The molecule has 2 N–H and O–H groups in total. The van der Waals surface area contributed by atoms with Crippen molar-refractivity contribution in [3.05, 3.63) is 35.7 Å². The minimum Gasteiger partial charge on any atom is -0.478 e. The number of rotatable bonds is 4. The number of hydrogen-bond donors (Lipinski definition) is 2. The third-order valence-electron chi connectivity index (χ3n) is 3.18. The Morgan fingerprint density at radius 3 is 2.84 bits per heavy atom. The Bertz CT molecular complexity index is 615. The molecule has 104 valence electrons. The number of allylic oxidation sites excluding steroid dienone is 1. The summed E-state index contributed by atoms with van der Waals surface area (Å²) in [6.45, 7) is 1.76. The fourth-order valence-electron chi connectivity index (χ4n) is 2.16. The minimum absolute atomic E-state index is 0.0384. The Labute approximate surface area is 111 Å². The monoisotopic (exact) mass is 284 g/mol. The predicted molar refractivity (Wildman–Crippen MR) is 70.8 cm³/mol. The van der Waals surface area contributed by atoms with Gasteiger partial charge in [-0.2, -0.15) is 0 Å². The third-order valence-corrected chi connectivity index (χ3v) is 4.87. The van der Waals surface area contributed by atoms with Gasteiger partial charge >= 0.3 is 5.97 Å². The van der Waals surface area contributed by atoms with Crippen molar-refractivity contribution in [3.8, 4) is 0 Å². The molecule has 0 spiro atoms. The van der Waals surface area contributed by atoms with Crippen LogP contribution < -0.4 is 4.83 Å². The lowest BCUT2D eigenvalue weighted by atomic mass is 9.99. The van der Waals surface area contributed by atoms with Gasteiger partial charge in [0.1, 0.15) is 5.25 Å². The van der Waals surface area contributed by atoms with Crippen LogP contribution in [0.25, 0.3) is 0 Å². The largest absolute Gasteiger partial charge is 0.478 e. The number of sulfonamides is 1. The molecule has 1 aromatic heterocycles. The first-order valence-corrected chi connectivity index (χ1v) is 7.55. The van der Waals surface area contributed by atoms with Gasteiger partial charge in [0, 0.05) is 11.9 Å². The van der Waals surface area contributed by atoms with Crippen LogP contribution in [0.2, 0.25) is 0 Å². The summed E-state index contributed by atoms with van der Waals surface area (Å²) in [6, 6.07) is 3.48. The van der Waals surface area contributed by atoms with E-state index in [4.69, 9.17) is 5.11 Å². The van der Waals surface area contributed by atoms with Crippen molar-refractivity contribution in [3.63, 3.8) is 0 Å². The molecule has 0 aromatic carbocycles. The molecule has 0 aliphatic heterocycles. The van der Waals surface area contributed by atoms with Crippen LogP contribution >= 0.6 is 0 Å². The van der Waals surface area contributed by atoms with Crippen molar-refractivity contribution in [1.29, 1.82) is 0 Å². The Hall–Kier alpha value is -1.76. The highest BCUT2D eigenvalue weighted by molar-refractivity contribution is 7.93. The summed E-state index contributed by atoms with van der Waals surface area (Å²) in [4.78, 5) is 13.5. The van der Waals surface area contributed by atoms with E-state index in [1.165, 1.54) is 10.8 Å². The molecule has 1 heterocycles. The van der Waals surface area contributed by atoms with Crippen molar-refractivity contribution < 1.29 is 18.3 Å². The highest BCUT2D eigenvalue weighted by Gasteiger charge is 2.34. The summed E-state index contributed by atoms with van der Waals surface area (Å²) in [6.07, 6.45) is 4.69. The zero-order chi connectivity index (χ0) is 14.0. The van der Waals surface area contributed by atoms with Gasteiger partial charge in [-0.15, -0.1) is 0 Å². The second-order valence-electron chi connectivity index (χ2n) is 4.54. The van der Waals surface area contributed by atoms with Crippen molar-refractivity contribution in [2.45, 2.75) is 31.4 Å². The summed E-state index contributed by atoms with van der Waals surface area (Å²) < 4.78 is 25.9. The third kappa shape index (κ3) is 2.81. The van der Waals surface area contributed by atoms with Crippen molar-refractivity contribution in [2.75, 3.05) is 4.83 Å². The average molecular weight is 284 g/mol. The Kier molecular flexibility index (Phi) is 3.66. The Balaban J connectivity index is 2.29. The molecule has 0 saturated carbocycles. The highest BCUT2D eigenvalue weighted by Crippen LogP contribution is 2.25. The van der Waals surface area contributed by atoms with Crippen LogP contribution in [0.3, 0.4) is 0 Å². The van der Waals surface area contributed by atoms with E-state index in [-0.39, 0.29) is 5.57 Å². The first-order valence-electron chi connectivity index (χ1n) is 6.01. The summed E-state index contributed by atoms with van der Waals surface area (Å²) in [5.74, 6) is -1.17. The van der Waals surface area contributed by atoms with Gasteiger partial charge in [-0.25, -0.2) is 18.0 Å². The van der Waals surface area contributed by atoms with E-state index in [0.717, 1.165) is 5.69 Å². The molecule has 0 amide bonds. The second-order valence-corrected chi connectivity index (χ2v) is 6.38. The standard InChI is InChI=1S/C12H16N2O4S/c1-9-5-4-8-14(9)13-19(17,18)11-7-3-2-6-10(11)12(15)16/h4-6,8,11,13H,2-3,7H2,1H3,(H,15,16). The Morgan fingerprint density at radius 1 is 1.53 bits per heavy atom. The Morgan fingerprint density at radius 2 is 2.26 bits per heavy atom. The number of aliphatic carboxylic acids is 1. The number of hydrogen-bond acceptors (Lipinski definition) is 3. The fourth-order valence-corrected chi connectivity index (χ4v) is 3.78. The normalized spacial score (nSPS) is 19.8. The molecular weight excluding hydrogens is 268 g/mol. The minimum atomic E-state index is -3.76. The van der Waals surface area contributed by atoms with Gasteiger partial charge < -0.3 is 5.11 Å². The zero-order valence-electron chi connectivity index (χ0n) is 10.5. The number of aryl methyl sites for hydroxylation is 1. The summed E-state index contributed by atoms with van der Waals surface area (Å²) in [5.41, 5.74) is 0.698. The van der Waals surface area contributed by atoms with Gasteiger partial charge in [-0.05, 0) is 38.3 Å². The first-order chi connectivity index (χ1) is 8.92. The van der Waals surface area contributed by atoms with Gasteiger partial charge in [-0.1, -0.05) is 6.08 Å². The first kappa shape index (κ1) is 13.7. The second kappa shape index (κ2) is 5.08. The average Bonchev–Trinajstić information content (AvgIpc) is 2.74. The number of nitrogens with one attached hydrogen (secondary N) is 1. The molecule has 0 saturated heterocycles. The van der Waals surface area contributed by atoms with Crippen LogP contribution in [0.15, 0.2) is 30.0 Å². The molecule has 0 radical (unpaired) electrons. The molecule has 19 heavy (non-hydrogen) atoms. The molecule has 1 atom stereocenters. The van der Waals surface area contributed by atoms with E-state index >= 15 is 0 Å². The fraction of sp³-hybridized carbons (Fsp3) is 0.417. The van der Waals surface area contributed by atoms with Gasteiger partial charge in [0.15, 0.2) is 0 Å². The summed E-state index contributed by atoms with van der Waals surface area (Å²) in [5, 5.41) is 8.09. The van der Waals surface area contributed by atoms with E-state index < -0.39 is 21.2 Å². The van der Waals surface area contributed by atoms with Crippen LogP contribution in [-0.4, -0.2) is 29.4 Å². The molecule has 0 fully saturated rings.